The fourth-order valence-electron chi connectivity index (χ4n) is 2.54. The number of nitrogens with one attached hydrogen (secondary N) is 2. The van der Waals surface area contributed by atoms with Crippen LogP contribution in [0, 0.1) is 0 Å². The van der Waals surface area contributed by atoms with Gasteiger partial charge < -0.3 is 10.1 Å². The number of ether oxygens (including phenoxy) is 1. The van der Waals surface area contributed by atoms with Crippen LogP contribution in [0.25, 0.3) is 0 Å². The Bertz CT molecular complexity index is 930. The van der Waals surface area contributed by atoms with Crippen molar-refractivity contribution in [3.63, 3.8) is 0 Å². The van der Waals surface area contributed by atoms with Crippen molar-refractivity contribution >= 4 is 17.5 Å². The van der Waals surface area contributed by atoms with Crippen LogP contribution in [-0.4, -0.2) is 11.8 Å². The molecule has 0 unspecified atom stereocenters. The van der Waals surface area contributed by atoms with Gasteiger partial charge in [0.05, 0.1) is 6.61 Å². The molecule has 2 N–H and O–H groups in total. The minimum Gasteiger partial charge on any atom is -0.457 e. The molecule has 0 bridgehead atoms. The van der Waals surface area contributed by atoms with Gasteiger partial charge in [-0.15, -0.1) is 0 Å². The first-order valence-corrected chi connectivity index (χ1v) is 9.26. The molecule has 0 heterocycles. The summed E-state index contributed by atoms with van der Waals surface area (Å²) in [7, 11) is 0. The van der Waals surface area contributed by atoms with Crippen molar-refractivity contribution in [2.24, 2.45) is 0 Å². The highest BCUT2D eigenvalue weighted by molar-refractivity contribution is 5.93. The highest BCUT2D eigenvalue weighted by atomic mass is 16.6. The third-order valence-corrected chi connectivity index (χ3v) is 3.94. The summed E-state index contributed by atoms with van der Waals surface area (Å²) in [4.78, 5) is 29.1. The number of anilines is 1. The van der Waals surface area contributed by atoms with Crippen molar-refractivity contribution in [3.05, 3.63) is 90.5 Å². The van der Waals surface area contributed by atoms with Crippen LogP contribution in [0.3, 0.4) is 0 Å². The molecule has 2 amide bonds. The van der Waals surface area contributed by atoms with Crippen LogP contribution < -0.4 is 15.5 Å². The number of rotatable bonds is 9. The number of carbonyl (C=O) groups is 2. The Hall–Kier alpha value is -3.64. The van der Waals surface area contributed by atoms with E-state index in [1.54, 1.807) is 24.3 Å². The van der Waals surface area contributed by atoms with E-state index < -0.39 is 0 Å². The molecule has 0 spiro atoms. The van der Waals surface area contributed by atoms with Crippen molar-refractivity contribution in [2.45, 2.75) is 19.4 Å². The lowest BCUT2D eigenvalue weighted by atomic mass is 10.2. The molecule has 6 heteroatoms. The minimum atomic E-state index is -0.350. The molecule has 6 nitrogen and oxygen atoms in total. The molecule has 0 fully saturated rings. The van der Waals surface area contributed by atoms with Crippen LogP contribution in [0.1, 0.15) is 18.4 Å². The molecule has 3 rings (SSSR count). The molecule has 3 aromatic rings. The zero-order valence-corrected chi connectivity index (χ0v) is 15.8. The van der Waals surface area contributed by atoms with Gasteiger partial charge in [-0.2, -0.15) is 0 Å². The summed E-state index contributed by atoms with van der Waals surface area (Å²) in [6.45, 7) is 0.271. The zero-order chi connectivity index (χ0) is 20.3. The molecular weight excluding hydrogens is 368 g/mol. The van der Waals surface area contributed by atoms with E-state index in [9.17, 15) is 9.59 Å². The average molecular weight is 390 g/mol. The maximum Gasteiger partial charge on any atom is 0.244 e. The van der Waals surface area contributed by atoms with Crippen LogP contribution in [0.4, 0.5) is 5.69 Å². The maximum absolute atomic E-state index is 12.1. The number of hydrogen-bond donors (Lipinski definition) is 2. The standard InChI is InChI=1S/C23H22N2O4/c26-22(14-15-23(27)25-28-17-18-8-3-1-4-9-18)24-19-10-7-13-21(16-19)29-20-11-5-2-6-12-20/h1-13,16H,14-15,17H2,(H,24,26)(H,25,27). The summed E-state index contributed by atoms with van der Waals surface area (Å²) in [5.41, 5.74) is 3.90. The van der Waals surface area contributed by atoms with Crippen molar-refractivity contribution in [3.8, 4) is 11.5 Å². The Labute approximate surface area is 169 Å². The van der Waals surface area contributed by atoms with Gasteiger partial charge in [0.2, 0.25) is 11.8 Å². The normalized spacial score (nSPS) is 10.2. The van der Waals surface area contributed by atoms with Gasteiger partial charge in [0.15, 0.2) is 0 Å². The topological polar surface area (TPSA) is 76.7 Å². The van der Waals surface area contributed by atoms with E-state index in [-0.39, 0.29) is 31.3 Å². The molecule has 0 radical (unpaired) electrons. The second-order valence-electron chi connectivity index (χ2n) is 6.29. The van der Waals surface area contributed by atoms with Crippen LogP contribution in [0.2, 0.25) is 0 Å². The molecule has 29 heavy (non-hydrogen) atoms. The predicted octanol–water partition coefficient (Wildman–Crippen LogP) is 4.45. The van der Waals surface area contributed by atoms with Gasteiger partial charge in [0, 0.05) is 24.6 Å². The Kier molecular flexibility index (Phi) is 7.37. The van der Waals surface area contributed by atoms with Crippen molar-refractivity contribution in [1.29, 1.82) is 0 Å². The molecule has 0 aliphatic rings. The number of benzene rings is 3. The second-order valence-corrected chi connectivity index (χ2v) is 6.29. The lowest BCUT2D eigenvalue weighted by Gasteiger charge is -2.09. The smallest absolute Gasteiger partial charge is 0.244 e. The first-order chi connectivity index (χ1) is 14.2. The SMILES string of the molecule is O=C(CCC(=O)Nc1cccc(Oc2ccccc2)c1)NOCc1ccccc1. The van der Waals surface area contributed by atoms with E-state index in [0.29, 0.717) is 17.2 Å². The lowest BCUT2D eigenvalue weighted by molar-refractivity contribution is -0.135. The quantitative estimate of drug-likeness (QED) is 0.530. The Balaban J connectivity index is 1.40. The van der Waals surface area contributed by atoms with E-state index in [0.717, 1.165) is 5.56 Å². The molecule has 0 atom stereocenters. The van der Waals surface area contributed by atoms with Gasteiger partial charge >= 0.3 is 0 Å². The molecular formula is C23H22N2O4. The maximum atomic E-state index is 12.1. The third-order valence-electron chi connectivity index (χ3n) is 3.94. The van der Waals surface area contributed by atoms with Gasteiger partial charge in [-0.1, -0.05) is 54.6 Å². The number of carbonyl (C=O) groups excluding carboxylic acids is 2. The number of para-hydroxylation sites is 1. The minimum absolute atomic E-state index is 0.0286. The predicted molar refractivity (Wildman–Crippen MR) is 110 cm³/mol. The first kappa shape index (κ1) is 20.1. The number of hydrogen-bond acceptors (Lipinski definition) is 4. The fraction of sp³-hybridized carbons (Fsp3) is 0.130. The molecule has 0 saturated heterocycles. The number of hydroxylamine groups is 1. The first-order valence-electron chi connectivity index (χ1n) is 9.26. The fourth-order valence-corrected chi connectivity index (χ4v) is 2.54. The largest absolute Gasteiger partial charge is 0.457 e. The molecule has 0 saturated carbocycles. The summed E-state index contributed by atoms with van der Waals surface area (Å²) < 4.78 is 5.75. The molecule has 0 aliphatic heterocycles. The highest BCUT2D eigenvalue weighted by Crippen LogP contribution is 2.23. The van der Waals surface area contributed by atoms with Gasteiger partial charge in [-0.25, -0.2) is 5.48 Å². The third kappa shape index (κ3) is 7.12. The van der Waals surface area contributed by atoms with E-state index in [1.165, 1.54) is 0 Å². The molecule has 0 aromatic heterocycles. The molecule has 3 aromatic carbocycles. The summed E-state index contributed by atoms with van der Waals surface area (Å²) in [6.07, 6.45) is 0.0745. The summed E-state index contributed by atoms with van der Waals surface area (Å²) in [5, 5.41) is 2.77. The van der Waals surface area contributed by atoms with Gasteiger partial charge in [0.25, 0.3) is 0 Å². The molecule has 0 aliphatic carbocycles. The van der Waals surface area contributed by atoms with Crippen LogP contribution >= 0.6 is 0 Å². The Morgan fingerprint density at radius 3 is 2.14 bits per heavy atom. The van der Waals surface area contributed by atoms with Crippen molar-refractivity contribution in [2.75, 3.05) is 5.32 Å². The van der Waals surface area contributed by atoms with E-state index in [4.69, 9.17) is 9.57 Å². The van der Waals surface area contributed by atoms with Crippen LogP contribution in [0.15, 0.2) is 84.9 Å². The summed E-state index contributed by atoms with van der Waals surface area (Å²) >= 11 is 0. The highest BCUT2D eigenvalue weighted by Gasteiger charge is 2.08. The lowest BCUT2D eigenvalue weighted by Crippen LogP contribution is -2.25. The van der Waals surface area contributed by atoms with Crippen LogP contribution in [0.5, 0.6) is 11.5 Å². The van der Waals surface area contributed by atoms with E-state index >= 15 is 0 Å². The van der Waals surface area contributed by atoms with Gasteiger partial charge in [0.1, 0.15) is 11.5 Å². The second kappa shape index (κ2) is 10.6. The Morgan fingerprint density at radius 1 is 0.724 bits per heavy atom. The average Bonchev–Trinajstić information content (AvgIpc) is 2.74. The van der Waals surface area contributed by atoms with E-state index in [1.807, 2.05) is 60.7 Å². The summed E-state index contributed by atoms with van der Waals surface area (Å²) in [6, 6.07) is 26.0. The summed E-state index contributed by atoms with van der Waals surface area (Å²) in [5.74, 6) is 0.710. The monoisotopic (exact) mass is 390 g/mol. The van der Waals surface area contributed by atoms with Gasteiger partial charge in [-0.05, 0) is 29.8 Å². The molecule has 148 valence electrons. The van der Waals surface area contributed by atoms with Crippen molar-refractivity contribution in [1.82, 2.24) is 5.48 Å². The Morgan fingerprint density at radius 2 is 1.38 bits per heavy atom. The zero-order valence-electron chi connectivity index (χ0n) is 15.8. The van der Waals surface area contributed by atoms with Crippen LogP contribution in [-0.2, 0) is 21.0 Å². The van der Waals surface area contributed by atoms with Gasteiger partial charge in [-0.3, -0.25) is 14.4 Å². The van der Waals surface area contributed by atoms with E-state index in [2.05, 4.69) is 10.8 Å². The number of amides is 2. The van der Waals surface area contributed by atoms with Crippen molar-refractivity contribution < 1.29 is 19.2 Å².